The second-order valence-corrected chi connectivity index (χ2v) is 7.37. The van der Waals surface area contributed by atoms with Crippen LogP contribution in [0, 0.1) is 0 Å². The maximum atomic E-state index is 13.1. The van der Waals surface area contributed by atoms with Gasteiger partial charge in [-0.3, -0.25) is 14.0 Å². The summed E-state index contributed by atoms with van der Waals surface area (Å²) in [5.41, 5.74) is 1.33. The molecule has 0 atom stereocenters. The lowest BCUT2D eigenvalue weighted by molar-refractivity contribution is 0.654. The Morgan fingerprint density at radius 2 is 2.17 bits per heavy atom. The van der Waals surface area contributed by atoms with Crippen molar-refractivity contribution in [3.8, 4) is 0 Å². The van der Waals surface area contributed by atoms with Crippen molar-refractivity contribution >= 4 is 33.3 Å². The topological polar surface area (TPSA) is 64.7 Å². The van der Waals surface area contributed by atoms with Crippen LogP contribution in [0.1, 0.15) is 36.6 Å². The van der Waals surface area contributed by atoms with Crippen molar-refractivity contribution in [2.24, 2.45) is 7.05 Å². The Labute approximate surface area is 144 Å². The Hall–Kier alpha value is -2.15. The monoisotopic (exact) mass is 343 g/mol. The van der Waals surface area contributed by atoms with Crippen LogP contribution < -0.4 is 10.9 Å². The van der Waals surface area contributed by atoms with E-state index in [-0.39, 0.29) is 5.56 Å². The summed E-state index contributed by atoms with van der Waals surface area (Å²) in [4.78, 5) is 20.1. The van der Waals surface area contributed by atoms with Gasteiger partial charge in [-0.15, -0.1) is 11.3 Å². The minimum atomic E-state index is 0.0830. The summed E-state index contributed by atoms with van der Waals surface area (Å²) in [5, 5.41) is 8.40. The van der Waals surface area contributed by atoms with Crippen LogP contribution in [0.4, 0.5) is 11.8 Å². The van der Waals surface area contributed by atoms with Crippen LogP contribution >= 0.6 is 11.3 Å². The summed E-state index contributed by atoms with van der Waals surface area (Å²) in [6, 6.07) is 1.88. The van der Waals surface area contributed by atoms with Crippen LogP contribution in [0.5, 0.6) is 0 Å². The normalized spacial score (nSPS) is 14.1. The fourth-order valence-electron chi connectivity index (χ4n) is 3.36. The molecule has 3 aromatic rings. The Bertz CT molecular complexity index is 952. The molecule has 0 spiro atoms. The van der Waals surface area contributed by atoms with Crippen LogP contribution in [-0.2, 0) is 26.4 Å². The van der Waals surface area contributed by atoms with Crippen molar-refractivity contribution < 1.29 is 0 Å². The average Bonchev–Trinajstić information content (AvgIpc) is 3.14. The molecule has 0 saturated carbocycles. The molecule has 1 aliphatic carbocycles. The van der Waals surface area contributed by atoms with Crippen LogP contribution in [-0.4, -0.2) is 19.3 Å². The number of anilines is 2. The van der Waals surface area contributed by atoms with E-state index in [4.69, 9.17) is 4.98 Å². The third-order valence-corrected chi connectivity index (χ3v) is 5.66. The molecule has 0 saturated heterocycles. The molecule has 24 heavy (non-hydrogen) atoms. The number of thiophene rings is 1. The minimum Gasteiger partial charge on any atom is -0.309 e. The van der Waals surface area contributed by atoms with E-state index in [1.165, 1.54) is 23.3 Å². The molecule has 0 unspecified atom stereocenters. The zero-order valence-electron chi connectivity index (χ0n) is 14.0. The van der Waals surface area contributed by atoms with Gasteiger partial charge >= 0.3 is 0 Å². The Kier molecular flexibility index (Phi) is 3.88. The van der Waals surface area contributed by atoms with E-state index in [1.54, 1.807) is 20.6 Å². The lowest BCUT2D eigenvalue weighted by Crippen LogP contribution is -2.24. The van der Waals surface area contributed by atoms with Crippen LogP contribution in [0.25, 0.3) is 10.2 Å². The highest BCUT2D eigenvalue weighted by atomic mass is 32.1. The van der Waals surface area contributed by atoms with E-state index < -0.39 is 0 Å². The van der Waals surface area contributed by atoms with Gasteiger partial charge in [0.05, 0.1) is 5.39 Å². The zero-order valence-corrected chi connectivity index (χ0v) is 14.8. The first-order valence-electron chi connectivity index (χ1n) is 8.49. The fraction of sp³-hybridized carbons (Fsp3) is 0.471. The van der Waals surface area contributed by atoms with Gasteiger partial charge in [-0.25, -0.2) is 4.98 Å². The Morgan fingerprint density at radius 3 is 2.92 bits per heavy atom. The van der Waals surface area contributed by atoms with Gasteiger partial charge < -0.3 is 5.32 Å². The average molecular weight is 343 g/mol. The number of hydrogen-bond donors (Lipinski definition) is 1. The molecular weight excluding hydrogens is 322 g/mol. The summed E-state index contributed by atoms with van der Waals surface area (Å²) < 4.78 is 3.49. The summed E-state index contributed by atoms with van der Waals surface area (Å²) in [6.45, 7) is 2.73. The molecular formula is C17H21N5OS. The maximum absolute atomic E-state index is 13.1. The third-order valence-electron chi connectivity index (χ3n) is 4.48. The maximum Gasteiger partial charge on any atom is 0.263 e. The third kappa shape index (κ3) is 2.53. The first kappa shape index (κ1) is 15.4. The number of hydrogen-bond acceptors (Lipinski definition) is 5. The zero-order chi connectivity index (χ0) is 16.7. The van der Waals surface area contributed by atoms with Gasteiger partial charge in [0.1, 0.15) is 4.83 Å². The number of fused-ring (bicyclic) bond motifs is 3. The van der Waals surface area contributed by atoms with Crippen molar-refractivity contribution in [2.75, 3.05) is 5.32 Å². The summed E-state index contributed by atoms with van der Waals surface area (Å²) in [6.07, 6.45) is 7.21. The highest BCUT2D eigenvalue weighted by molar-refractivity contribution is 7.18. The number of aromatic nitrogens is 4. The van der Waals surface area contributed by atoms with E-state index in [9.17, 15) is 4.79 Å². The smallest absolute Gasteiger partial charge is 0.263 e. The SMILES string of the molecule is CCCn1c(Nc2ccn(C)n2)nc2sc3c(c2c1=O)CCCC3. The van der Waals surface area contributed by atoms with Gasteiger partial charge in [-0.2, -0.15) is 5.10 Å². The molecule has 126 valence electrons. The second-order valence-electron chi connectivity index (χ2n) is 6.28. The Morgan fingerprint density at radius 1 is 1.33 bits per heavy atom. The van der Waals surface area contributed by atoms with Crippen molar-refractivity contribution in [3.63, 3.8) is 0 Å². The van der Waals surface area contributed by atoms with Gasteiger partial charge in [0.2, 0.25) is 5.95 Å². The molecule has 6 nitrogen and oxygen atoms in total. The lowest BCUT2D eigenvalue weighted by atomic mass is 9.97. The largest absolute Gasteiger partial charge is 0.309 e. The quantitative estimate of drug-likeness (QED) is 0.790. The lowest BCUT2D eigenvalue weighted by Gasteiger charge is -2.13. The van der Waals surface area contributed by atoms with Crippen molar-refractivity contribution in [1.82, 2.24) is 19.3 Å². The highest BCUT2D eigenvalue weighted by Gasteiger charge is 2.22. The fourth-order valence-corrected chi connectivity index (χ4v) is 4.61. The summed E-state index contributed by atoms with van der Waals surface area (Å²) in [5.74, 6) is 1.29. The molecule has 0 amide bonds. The van der Waals surface area contributed by atoms with Gasteiger partial charge in [-0.1, -0.05) is 6.92 Å². The number of nitrogens with one attached hydrogen (secondary N) is 1. The molecule has 3 heterocycles. The van der Waals surface area contributed by atoms with Crippen LogP contribution in [0.15, 0.2) is 17.1 Å². The summed E-state index contributed by atoms with van der Waals surface area (Å²) >= 11 is 1.68. The first-order valence-corrected chi connectivity index (χ1v) is 9.30. The predicted octanol–water partition coefficient (Wildman–Crippen LogP) is 3.22. The van der Waals surface area contributed by atoms with Crippen molar-refractivity contribution in [1.29, 1.82) is 0 Å². The van der Waals surface area contributed by atoms with Crippen LogP contribution in [0.2, 0.25) is 0 Å². The van der Waals surface area contributed by atoms with Gasteiger partial charge in [0.25, 0.3) is 5.56 Å². The van der Waals surface area contributed by atoms with Gasteiger partial charge in [-0.05, 0) is 37.7 Å². The van der Waals surface area contributed by atoms with Crippen LogP contribution in [0.3, 0.4) is 0 Å². The number of nitrogens with zero attached hydrogens (tertiary/aromatic N) is 4. The van der Waals surface area contributed by atoms with E-state index >= 15 is 0 Å². The molecule has 1 N–H and O–H groups in total. The molecule has 0 bridgehead atoms. The van der Waals surface area contributed by atoms with Gasteiger partial charge in [0.15, 0.2) is 5.82 Å². The molecule has 7 heteroatoms. The molecule has 0 fully saturated rings. The second kappa shape index (κ2) is 6.05. The Balaban J connectivity index is 1.89. The molecule has 0 aliphatic heterocycles. The van der Waals surface area contributed by atoms with E-state index in [1.807, 2.05) is 19.3 Å². The van der Waals surface area contributed by atoms with E-state index in [0.29, 0.717) is 18.3 Å². The minimum absolute atomic E-state index is 0.0830. The van der Waals surface area contributed by atoms with Crippen molar-refractivity contribution in [3.05, 3.63) is 33.1 Å². The molecule has 0 aromatic carbocycles. The molecule has 3 aromatic heterocycles. The molecule has 0 radical (unpaired) electrons. The van der Waals surface area contributed by atoms with E-state index in [2.05, 4.69) is 17.3 Å². The predicted molar refractivity (Wildman–Crippen MR) is 97.3 cm³/mol. The van der Waals surface area contributed by atoms with Gasteiger partial charge in [0, 0.05) is 30.7 Å². The first-order chi connectivity index (χ1) is 11.7. The van der Waals surface area contributed by atoms with E-state index in [0.717, 1.165) is 29.5 Å². The standard InChI is InChI=1S/C17H21N5OS/c1-3-9-22-16(23)14-11-6-4-5-7-12(11)24-15(14)19-17(22)18-13-8-10-21(2)20-13/h8,10H,3-7,9H2,1-2H3,(H,18,19,20). The highest BCUT2D eigenvalue weighted by Crippen LogP contribution is 2.34. The molecule has 4 rings (SSSR count). The summed E-state index contributed by atoms with van der Waals surface area (Å²) in [7, 11) is 1.87. The number of aryl methyl sites for hydroxylation is 3. The molecule has 1 aliphatic rings. The van der Waals surface area contributed by atoms with Crippen molar-refractivity contribution in [2.45, 2.75) is 45.6 Å². The number of rotatable bonds is 4.